The van der Waals surface area contributed by atoms with Crippen LogP contribution in [0.25, 0.3) is 0 Å². The van der Waals surface area contributed by atoms with Gasteiger partial charge in [0.15, 0.2) is 11.5 Å². The highest BCUT2D eigenvalue weighted by Gasteiger charge is 2.64. The van der Waals surface area contributed by atoms with Gasteiger partial charge in [0.1, 0.15) is 34.7 Å². The van der Waals surface area contributed by atoms with Gasteiger partial charge in [0.2, 0.25) is 5.91 Å². The minimum atomic E-state index is -1.81. The summed E-state index contributed by atoms with van der Waals surface area (Å²) >= 11 is 11.4. The van der Waals surface area contributed by atoms with Gasteiger partial charge in [-0.15, -0.1) is 11.8 Å². The number of methoxy groups -OCH3 is 2. The monoisotopic (exact) mass is 834 g/mol. The highest BCUT2D eigenvalue weighted by atomic mass is 79.9. The summed E-state index contributed by atoms with van der Waals surface area (Å²) in [5.41, 5.74) is -0.288. The molecule has 3 aliphatic rings. The van der Waals surface area contributed by atoms with E-state index in [0.717, 1.165) is 16.0 Å². The van der Waals surface area contributed by atoms with Crippen LogP contribution in [0.1, 0.15) is 56.5 Å². The predicted octanol–water partition coefficient (Wildman–Crippen LogP) is 6.43. The number of hydrogen-bond acceptors (Lipinski definition) is 11. The number of alkyl carbamates (subject to hydrolysis) is 1. The van der Waals surface area contributed by atoms with Crippen LogP contribution in [0.5, 0.6) is 5.75 Å². The number of fused-ring (bicyclic) bond motifs is 5. The van der Waals surface area contributed by atoms with Gasteiger partial charge in [-0.25, -0.2) is 4.79 Å². The highest BCUT2D eigenvalue weighted by molar-refractivity contribution is 9.10. The first-order valence-electron chi connectivity index (χ1n) is 17.0. The number of rotatable bonds is 7. The van der Waals surface area contributed by atoms with E-state index >= 15 is 0 Å². The number of ketones is 1. The fourth-order valence-corrected chi connectivity index (χ4v) is 8.51. The van der Waals surface area contributed by atoms with E-state index in [-0.39, 0.29) is 29.4 Å². The number of esters is 1. The van der Waals surface area contributed by atoms with Crippen molar-refractivity contribution in [2.24, 2.45) is 5.92 Å². The third-order valence-corrected chi connectivity index (χ3v) is 12.3. The van der Waals surface area contributed by atoms with Crippen LogP contribution in [-0.2, 0) is 35.0 Å². The average Bonchev–Trinajstić information content (AvgIpc) is 3.80. The largest absolute Gasteiger partial charge is 0.495 e. The fourth-order valence-electron chi connectivity index (χ4n) is 6.77. The first-order valence-corrected chi connectivity index (χ1v) is 19.2. The molecule has 7 atom stereocenters. The van der Waals surface area contributed by atoms with Crippen LogP contribution < -0.4 is 15.0 Å². The SMILES string of the molecule is COc1cc2cc(c1Cl)N(C)C(=O)C[C@H](OC(=O)CSc1ccc(C(C)=O)cc1Br)[C@]1(C)O[C@H]1[C@H](C)[C@@H]1C[C@@](O)(NC(=O)O1)[C@H](OC)/C=C/C=C(\C)C2. The Balaban J connectivity index is 1.49. The Morgan fingerprint density at radius 2 is 1.94 bits per heavy atom. The van der Waals surface area contributed by atoms with E-state index in [9.17, 15) is 24.3 Å². The molecule has 0 unspecified atom stereocenters. The van der Waals surface area contributed by atoms with Crippen molar-refractivity contribution in [1.82, 2.24) is 5.32 Å². The second-order valence-electron chi connectivity index (χ2n) is 13.8. The summed E-state index contributed by atoms with van der Waals surface area (Å²) in [6.07, 6.45) is 1.17. The molecular formula is C38H44BrClN2O10S. The standard InChI is InChI=1S/C38H44BrClN2O10S/c1-20-9-8-10-30(49-7)38(47)18-28(50-36(46)41-38)21(2)35-37(4,52-35)31(51-33(45)19-53-29-12-11-24(22(3)43)16-25(29)39)17-32(44)42(5)26-14-23(13-20)15-27(48-6)34(26)40/h8-12,14-16,21,28,30-31,35,47H,13,17-19H2,1-7H3,(H,41,46)/b10-8+,20-9+/t21-,28+,30-,31+,35+,37+,38+/m1/s1. The lowest BCUT2D eigenvalue weighted by molar-refractivity contribution is -0.150. The number of carbonyl (C=O) groups is 4. The van der Waals surface area contributed by atoms with Gasteiger partial charge in [0.25, 0.3) is 0 Å². The molecule has 12 nitrogen and oxygen atoms in total. The topological polar surface area (TPSA) is 153 Å². The minimum Gasteiger partial charge on any atom is -0.495 e. The van der Waals surface area contributed by atoms with Crippen molar-refractivity contribution in [3.05, 3.63) is 74.8 Å². The Kier molecular flexibility index (Phi) is 12.7. The van der Waals surface area contributed by atoms with Gasteiger partial charge in [-0.2, -0.15) is 0 Å². The lowest BCUT2D eigenvalue weighted by atomic mass is 9.83. The Morgan fingerprint density at radius 3 is 2.60 bits per heavy atom. The van der Waals surface area contributed by atoms with Gasteiger partial charge in [-0.05, 0) is 73.0 Å². The smallest absolute Gasteiger partial charge is 0.409 e. The van der Waals surface area contributed by atoms with Crippen LogP contribution in [0.15, 0.2) is 63.5 Å². The lowest BCUT2D eigenvalue weighted by Crippen LogP contribution is -2.63. The number of thioether (sulfide) groups is 1. The van der Waals surface area contributed by atoms with Crippen molar-refractivity contribution in [2.45, 2.75) is 87.6 Å². The maximum atomic E-state index is 14.1. The molecule has 286 valence electrons. The van der Waals surface area contributed by atoms with Crippen molar-refractivity contribution >= 4 is 68.7 Å². The number of epoxide rings is 1. The molecule has 2 N–H and O–H groups in total. The van der Waals surface area contributed by atoms with Gasteiger partial charge in [0, 0.05) is 41.4 Å². The third kappa shape index (κ3) is 9.12. The molecule has 2 amide bonds. The third-order valence-electron chi connectivity index (χ3n) is 9.91. The zero-order chi connectivity index (χ0) is 38.8. The Morgan fingerprint density at radius 1 is 1.21 bits per heavy atom. The second kappa shape index (κ2) is 16.5. The zero-order valence-electron chi connectivity index (χ0n) is 30.6. The van der Waals surface area contributed by atoms with Crippen molar-refractivity contribution in [3.63, 3.8) is 0 Å². The minimum absolute atomic E-state index is 0.0361. The summed E-state index contributed by atoms with van der Waals surface area (Å²) in [5, 5.41) is 14.5. The van der Waals surface area contributed by atoms with Crippen molar-refractivity contribution in [3.8, 4) is 5.75 Å². The number of hydrogen-bond donors (Lipinski definition) is 2. The zero-order valence-corrected chi connectivity index (χ0v) is 33.7. The van der Waals surface area contributed by atoms with Crippen LogP contribution in [0, 0.1) is 5.92 Å². The highest BCUT2D eigenvalue weighted by Crippen LogP contribution is 2.49. The van der Waals surface area contributed by atoms with Crippen LogP contribution in [0.4, 0.5) is 10.5 Å². The summed E-state index contributed by atoms with van der Waals surface area (Å²) in [5.74, 6) is -1.30. The molecule has 0 aliphatic carbocycles. The molecule has 15 heteroatoms. The molecule has 2 fully saturated rings. The molecule has 2 aromatic carbocycles. The molecule has 0 aromatic heterocycles. The first kappa shape index (κ1) is 40.8. The molecule has 3 aliphatic heterocycles. The number of aliphatic hydroxyl groups is 1. The van der Waals surface area contributed by atoms with Crippen LogP contribution in [0.2, 0.25) is 5.02 Å². The maximum absolute atomic E-state index is 14.1. The van der Waals surface area contributed by atoms with Crippen LogP contribution in [0.3, 0.4) is 0 Å². The summed E-state index contributed by atoms with van der Waals surface area (Å²) in [7, 11) is 4.52. The predicted molar refractivity (Wildman–Crippen MR) is 204 cm³/mol. The summed E-state index contributed by atoms with van der Waals surface area (Å²) in [6.45, 7) is 6.96. The maximum Gasteiger partial charge on any atom is 0.409 e. The van der Waals surface area contributed by atoms with Gasteiger partial charge < -0.3 is 33.7 Å². The Labute approximate surface area is 326 Å². The Bertz CT molecular complexity index is 1840. The quantitative estimate of drug-likeness (QED) is 0.138. The summed E-state index contributed by atoms with van der Waals surface area (Å²) < 4.78 is 29.8. The molecule has 0 radical (unpaired) electrons. The number of carbonyl (C=O) groups excluding carboxylic acids is 4. The molecule has 53 heavy (non-hydrogen) atoms. The van der Waals surface area contributed by atoms with Crippen LogP contribution in [-0.4, -0.2) is 91.6 Å². The molecule has 2 saturated heterocycles. The fraction of sp³-hybridized carbons (Fsp3) is 0.474. The molecule has 4 bridgehead atoms. The Hall–Kier alpha value is -3.40. The average molecular weight is 836 g/mol. The van der Waals surface area contributed by atoms with E-state index in [1.807, 2.05) is 26.0 Å². The van der Waals surface area contributed by atoms with Gasteiger partial charge in [0.05, 0.1) is 31.1 Å². The second-order valence-corrected chi connectivity index (χ2v) is 16.0. The van der Waals surface area contributed by atoms with E-state index in [4.69, 9.17) is 35.3 Å². The van der Waals surface area contributed by atoms with Crippen molar-refractivity contribution in [1.29, 1.82) is 0 Å². The van der Waals surface area contributed by atoms with Gasteiger partial charge >= 0.3 is 12.1 Å². The van der Waals surface area contributed by atoms with Crippen molar-refractivity contribution in [2.75, 3.05) is 31.9 Å². The number of nitrogens with zero attached hydrogens (tertiary/aromatic N) is 1. The van der Waals surface area contributed by atoms with Gasteiger partial charge in [-0.3, -0.25) is 19.7 Å². The molecule has 0 saturated carbocycles. The number of Topliss-reactive ketones (excluding diaryl/α,β-unsaturated/α-hetero) is 1. The van der Waals surface area contributed by atoms with E-state index in [1.165, 1.54) is 37.8 Å². The number of anilines is 1. The van der Waals surface area contributed by atoms with E-state index in [2.05, 4.69) is 21.2 Å². The summed E-state index contributed by atoms with van der Waals surface area (Å²) in [6, 6.07) is 8.72. The molecule has 5 rings (SSSR count). The number of benzene rings is 2. The number of halogens is 2. The summed E-state index contributed by atoms with van der Waals surface area (Å²) in [4.78, 5) is 54.3. The molecular weight excluding hydrogens is 792 g/mol. The van der Waals surface area contributed by atoms with E-state index < -0.39 is 59.6 Å². The van der Waals surface area contributed by atoms with E-state index in [1.54, 1.807) is 50.4 Å². The molecule has 0 spiro atoms. The lowest BCUT2D eigenvalue weighted by Gasteiger charge is -2.42. The van der Waals surface area contributed by atoms with Gasteiger partial charge in [-0.1, -0.05) is 48.4 Å². The number of allylic oxidation sites excluding steroid dienone is 3. The number of amides is 2. The molecule has 3 heterocycles. The molecule has 2 aromatic rings. The normalized spacial score (nSPS) is 30.6. The van der Waals surface area contributed by atoms with Crippen LogP contribution >= 0.6 is 39.3 Å². The van der Waals surface area contributed by atoms with E-state index in [0.29, 0.717) is 27.9 Å². The number of nitrogens with one attached hydrogen (secondary N) is 1. The van der Waals surface area contributed by atoms with Crippen molar-refractivity contribution < 1.29 is 48.0 Å². The first-order chi connectivity index (χ1) is 25.0. The number of ether oxygens (including phenoxy) is 5.